The van der Waals surface area contributed by atoms with Gasteiger partial charge in [-0.15, -0.1) is 0 Å². The van der Waals surface area contributed by atoms with Gasteiger partial charge in [-0.25, -0.2) is 19.3 Å². The molecular formula is C11H7FN4. The number of rotatable bonds is 1. The van der Waals surface area contributed by atoms with Crippen LogP contribution in [0.4, 0.5) is 4.39 Å². The fourth-order valence-corrected chi connectivity index (χ4v) is 1.51. The predicted octanol–water partition coefficient (Wildman–Crippen LogP) is 2.16. The Morgan fingerprint density at radius 1 is 1.12 bits per heavy atom. The zero-order valence-electron chi connectivity index (χ0n) is 8.18. The minimum atomic E-state index is -0.295. The molecule has 0 fully saturated rings. The van der Waals surface area contributed by atoms with Gasteiger partial charge in [0.05, 0.1) is 11.0 Å². The fourth-order valence-electron chi connectivity index (χ4n) is 1.51. The van der Waals surface area contributed by atoms with E-state index in [-0.39, 0.29) is 5.82 Å². The Kier molecular flexibility index (Phi) is 1.89. The van der Waals surface area contributed by atoms with E-state index in [1.54, 1.807) is 24.5 Å². The van der Waals surface area contributed by atoms with Gasteiger partial charge in [0.25, 0.3) is 0 Å². The number of aromatic amines is 1. The van der Waals surface area contributed by atoms with Crippen molar-refractivity contribution in [2.24, 2.45) is 0 Å². The molecule has 0 spiro atoms. The SMILES string of the molecule is Fc1ccc2nc(-c3ncccn3)[nH]c2c1. The molecule has 1 N–H and O–H groups in total. The second-order valence-electron chi connectivity index (χ2n) is 3.32. The van der Waals surface area contributed by atoms with Crippen molar-refractivity contribution in [3.05, 3.63) is 42.5 Å². The average Bonchev–Trinajstić information content (AvgIpc) is 2.73. The van der Waals surface area contributed by atoms with Gasteiger partial charge in [0.15, 0.2) is 11.6 Å². The van der Waals surface area contributed by atoms with Crippen LogP contribution in [0.25, 0.3) is 22.7 Å². The van der Waals surface area contributed by atoms with Crippen molar-refractivity contribution in [1.82, 2.24) is 19.9 Å². The molecule has 0 atom stereocenters. The molecule has 3 aromatic rings. The van der Waals surface area contributed by atoms with Crippen molar-refractivity contribution in [2.75, 3.05) is 0 Å². The van der Waals surface area contributed by atoms with Crippen LogP contribution in [-0.2, 0) is 0 Å². The Hall–Kier alpha value is -2.30. The van der Waals surface area contributed by atoms with Gasteiger partial charge in [-0.05, 0) is 24.3 Å². The summed E-state index contributed by atoms with van der Waals surface area (Å²) in [6.07, 6.45) is 3.27. The number of H-pyrrole nitrogens is 1. The molecule has 0 radical (unpaired) electrons. The summed E-state index contributed by atoms with van der Waals surface area (Å²) >= 11 is 0. The normalized spacial score (nSPS) is 10.8. The van der Waals surface area contributed by atoms with Gasteiger partial charge >= 0.3 is 0 Å². The molecule has 0 saturated heterocycles. The smallest absolute Gasteiger partial charge is 0.195 e. The molecule has 1 aromatic carbocycles. The second-order valence-corrected chi connectivity index (χ2v) is 3.32. The van der Waals surface area contributed by atoms with Crippen LogP contribution in [0.1, 0.15) is 0 Å². The summed E-state index contributed by atoms with van der Waals surface area (Å²) in [5.74, 6) is 0.747. The molecule has 0 saturated carbocycles. The maximum atomic E-state index is 13.0. The van der Waals surface area contributed by atoms with Crippen LogP contribution in [0.2, 0.25) is 0 Å². The number of fused-ring (bicyclic) bond motifs is 1. The molecule has 0 aliphatic rings. The van der Waals surface area contributed by atoms with Gasteiger partial charge in [-0.1, -0.05) is 0 Å². The first-order valence-electron chi connectivity index (χ1n) is 4.75. The zero-order valence-corrected chi connectivity index (χ0v) is 8.18. The number of aromatic nitrogens is 4. The lowest BCUT2D eigenvalue weighted by Gasteiger charge is -1.91. The zero-order chi connectivity index (χ0) is 11.0. The standard InChI is InChI=1S/C11H7FN4/c12-7-2-3-8-9(6-7)16-11(15-8)10-13-4-1-5-14-10/h1-6H,(H,15,16). The third-order valence-electron chi connectivity index (χ3n) is 2.22. The Balaban J connectivity index is 2.19. The quantitative estimate of drug-likeness (QED) is 0.675. The Morgan fingerprint density at radius 3 is 2.75 bits per heavy atom. The first-order valence-corrected chi connectivity index (χ1v) is 4.75. The monoisotopic (exact) mass is 214 g/mol. The summed E-state index contributed by atoms with van der Waals surface area (Å²) in [7, 11) is 0. The molecule has 0 unspecified atom stereocenters. The van der Waals surface area contributed by atoms with Gasteiger partial charge in [0.2, 0.25) is 0 Å². The number of imidazole rings is 1. The van der Waals surface area contributed by atoms with E-state index in [0.717, 1.165) is 0 Å². The van der Waals surface area contributed by atoms with Crippen LogP contribution in [0.15, 0.2) is 36.7 Å². The molecule has 16 heavy (non-hydrogen) atoms. The molecule has 4 nitrogen and oxygen atoms in total. The molecule has 0 aliphatic heterocycles. The van der Waals surface area contributed by atoms with E-state index in [1.807, 2.05) is 0 Å². The number of nitrogens with zero attached hydrogens (tertiary/aromatic N) is 3. The van der Waals surface area contributed by atoms with Crippen LogP contribution in [0.5, 0.6) is 0 Å². The van der Waals surface area contributed by atoms with E-state index in [1.165, 1.54) is 12.1 Å². The lowest BCUT2D eigenvalue weighted by Crippen LogP contribution is -1.87. The summed E-state index contributed by atoms with van der Waals surface area (Å²) in [6, 6.07) is 6.12. The number of halogens is 1. The summed E-state index contributed by atoms with van der Waals surface area (Å²) in [6.45, 7) is 0. The Bertz CT molecular complexity index is 633. The molecular weight excluding hydrogens is 207 g/mol. The van der Waals surface area contributed by atoms with Crippen LogP contribution in [0, 0.1) is 5.82 Å². The molecule has 0 bridgehead atoms. The highest BCUT2D eigenvalue weighted by atomic mass is 19.1. The summed E-state index contributed by atoms with van der Waals surface area (Å²) in [4.78, 5) is 15.4. The van der Waals surface area contributed by atoms with Crippen molar-refractivity contribution >= 4 is 11.0 Å². The van der Waals surface area contributed by atoms with Gasteiger partial charge in [0.1, 0.15) is 5.82 Å². The Labute approximate surface area is 90.2 Å². The molecule has 3 rings (SSSR count). The minimum Gasteiger partial charge on any atom is -0.335 e. The first kappa shape index (κ1) is 8.96. The fraction of sp³-hybridized carbons (Fsp3) is 0. The van der Waals surface area contributed by atoms with Crippen molar-refractivity contribution < 1.29 is 4.39 Å². The van der Waals surface area contributed by atoms with Gasteiger partial charge in [-0.3, -0.25) is 0 Å². The van der Waals surface area contributed by atoms with E-state index in [4.69, 9.17) is 0 Å². The van der Waals surface area contributed by atoms with Crippen LogP contribution >= 0.6 is 0 Å². The van der Waals surface area contributed by atoms with E-state index in [9.17, 15) is 4.39 Å². The molecule has 0 aliphatic carbocycles. The molecule has 0 amide bonds. The van der Waals surface area contributed by atoms with Crippen molar-refractivity contribution in [3.63, 3.8) is 0 Å². The lowest BCUT2D eigenvalue weighted by molar-refractivity contribution is 0.629. The number of hydrogen-bond acceptors (Lipinski definition) is 3. The van der Waals surface area contributed by atoms with Gasteiger partial charge in [-0.2, -0.15) is 0 Å². The summed E-state index contributed by atoms with van der Waals surface area (Å²) in [5, 5.41) is 0. The maximum absolute atomic E-state index is 13.0. The number of hydrogen-bond donors (Lipinski definition) is 1. The van der Waals surface area contributed by atoms with Crippen molar-refractivity contribution in [2.45, 2.75) is 0 Å². The summed E-state index contributed by atoms with van der Waals surface area (Å²) in [5.41, 5.74) is 1.34. The van der Waals surface area contributed by atoms with Crippen molar-refractivity contribution in [3.8, 4) is 11.6 Å². The minimum absolute atomic E-state index is 0.295. The van der Waals surface area contributed by atoms with Crippen LogP contribution < -0.4 is 0 Å². The van der Waals surface area contributed by atoms with E-state index < -0.39 is 0 Å². The maximum Gasteiger partial charge on any atom is 0.195 e. The number of nitrogens with one attached hydrogen (secondary N) is 1. The van der Waals surface area contributed by atoms with Crippen molar-refractivity contribution in [1.29, 1.82) is 0 Å². The highest BCUT2D eigenvalue weighted by Crippen LogP contribution is 2.17. The first-order chi connectivity index (χ1) is 7.83. The van der Waals surface area contributed by atoms with Gasteiger partial charge in [0, 0.05) is 12.4 Å². The summed E-state index contributed by atoms with van der Waals surface area (Å²) < 4.78 is 13.0. The number of benzene rings is 1. The van der Waals surface area contributed by atoms with Gasteiger partial charge < -0.3 is 4.98 Å². The average molecular weight is 214 g/mol. The van der Waals surface area contributed by atoms with E-state index >= 15 is 0 Å². The molecule has 2 aromatic heterocycles. The molecule has 2 heterocycles. The van der Waals surface area contributed by atoms with Crippen LogP contribution in [-0.4, -0.2) is 19.9 Å². The largest absolute Gasteiger partial charge is 0.335 e. The molecule has 5 heteroatoms. The van der Waals surface area contributed by atoms with E-state index in [0.29, 0.717) is 22.7 Å². The van der Waals surface area contributed by atoms with E-state index in [2.05, 4.69) is 19.9 Å². The molecule has 78 valence electrons. The topological polar surface area (TPSA) is 54.5 Å². The highest BCUT2D eigenvalue weighted by Gasteiger charge is 2.07. The highest BCUT2D eigenvalue weighted by molar-refractivity contribution is 5.78. The third kappa shape index (κ3) is 1.42. The lowest BCUT2D eigenvalue weighted by atomic mass is 10.3. The van der Waals surface area contributed by atoms with Crippen LogP contribution in [0.3, 0.4) is 0 Å². The predicted molar refractivity (Wildman–Crippen MR) is 57.1 cm³/mol. The third-order valence-corrected chi connectivity index (χ3v) is 2.22. The second kappa shape index (κ2) is 3.37. The Morgan fingerprint density at radius 2 is 1.94 bits per heavy atom.